The highest BCUT2D eigenvalue weighted by Gasteiger charge is 2.39. The first-order valence-corrected chi connectivity index (χ1v) is 7.99. The minimum Gasteiger partial charge on any atom is -0.367 e. The number of fused-ring (bicyclic) bond motifs is 2. The summed E-state index contributed by atoms with van der Waals surface area (Å²) in [6.45, 7) is 0.797. The second-order valence-electron chi connectivity index (χ2n) is 5.44. The molecule has 1 saturated carbocycles. The van der Waals surface area contributed by atoms with Crippen molar-refractivity contribution in [2.24, 2.45) is 11.1 Å². The van der Waals surface area contributed by atoms with Crippen molar-refractivity contribution in [3.8, 4) is 0 Å². The Labute approximate surface area is 116 Å². The number of nitrogens with two attached hydrogens (primary N) is 1. The maximum atomic E-state index is 11.7. The molecule has 1 aliphatic carbocycles. The lowest BCUT2D eigenvalue weighted by atomic mass is 10.1. The lowest BCUT2D eigenvalue weighted by Gasteiger charge is -2.30. The fourth-order valence-electron chi connectivity index (χ4n) is 3.30. The highest BCUT2D eigenvalue weighted by Crippen LogP contribution is 2.42. The first-order chi connectivity index (χ1) is 9.36. The van der Waals surface area contributed by atoms with Crippen LogP contribution in [0.3, 0.4) is 0 Å². The van der Waals surface area contributed by atoms with Gasteiger partial charge in [-0.05, 0) is 31.2 Å². The van der Waals surface area contributed by atoms with Gasteiger partial charge in [0.25, 0.3) is 5.69 Å². The van der Waals surface area contributed by atoms with E-state index >= 15 is 0 Å². The van der Waals surface area contributed by atoms with Crippen molar-refractivity contribution in [3.63, 3.8) is 0 Å². The summed E-state index contributed by atoms with van der Waals surface area (Å²) in [5.41, 5.74) is 0.229. The fraction of sp³-hybridized carbons (Fsp3) is 0.500. The highest BCUT2D eigenvalue weighted by atomic mass is 32.2. The molecule has 1 aromatic rings. The van der Waals surface area contributed by atoms with Gasteiger partial charge >= 0.3 is 0 Å². The smallest absolute Gasteiger partial charge is 0.270 e. The third-order valence-corrected chi connectivity index (χ3v) is 5.12. The molecule has 0 spiro atoms. The quantitative estimate of drug-likeness (QED) is 0.667. The maximum Gasteiger partial charge on any atom is 0.270 e. The Morgan fingerprint density at radius 3 is 2.60 bits per heavy atom. The Morgan fingerprint density at radius 2 is 2.10 bits per heavy atom. The summed E-state index contributed by atoms with van der Waals surface area (Å²) >= 11 is 0. The fourth-order valence-corrected chi connectivity index (χ4v) is 4.06. The van der Waals surface area contributed by atoms with Crippen molar-refractivity contribution >= 4 is 21.4 Å². The van der Waals surface area contributed by atoms with Crippen molar-refractivity contribution in [2.45, 2.75) is 30.2 Å². The van der Waals surface area contributed by atoms with E-state index in [1.807, 2.05) is 4.90 Å². The molecule has 1 aromatic carbocycles. The van der Waals surface area contributed by atoms with E-state index in [4.69, 9.17) is 5.14 Å². The first-order valence-electron chi connectivity index (χ1n) is 6.44. The monoisotopic (exact) mass is 297 g/mol. The van der Waals surface area contributed by atoms with Crippen molar-refractivity contribution in [3.05, 3.63) is 28.3 Å². The number of nitro benzene ring substituents is 1. The van der Waals surface area contributed by atoms with Crippen molar-refractivity contribution in [2.75, 3.05) is 11.4 Å². The second kappa shape index (κ2) is 4.42. The third-order valence-electron chi connectivity index (χ3n) is 4.18. The molecule has 8 heteroatoms. The normalized spacial score (nSPS) is 25.1. The molecule has 3 rings (SSSR count). The van der Waals surface area contributed by atoms with Crippen LogP contribution in [0, 0.1) is 16.0 Å². The Hall–Kier alpha value is -1.67. The predicted octanol–water partition coefficient (Wildman–Crippen LogP) is 1.23. The molecule has 0 aromatic heterocycles. The number of hydrogen-bond acceptors (Lipinski definition) is 5. The van der Waals surface area contributed by atoms with Gasteiger partial charge in [0.2, 0.25) is 10.0 Å². The molecule has 2 atom stereocenters. The molecule has 2 N–H and O–H groups in total. The zero-order valence-electron chi connectivity index (χ0n) is 10.7. The Morgan fingerprint density at radius 1 is 1.35 bits per heavy atom. The van der Waals surface area contributed by atoms with Crippen molar-refractivity contribution in [1.82, 2.24) is 0 Å². The van der Waals surface area contributed by atoms with Crippen LogP contribution in [0.1, 0.15) is 19.3 Å². The number of non-ortho nitro benzene ring substituents is 1. The van der Waals surface area contributed by atoms with Gasteiger partial charge in [-0.1, -0.05) is 0 Å². The number of anilines is 1. The van der Waals surface area contributed by atoms with Crippen LogP contribution < -0.4 is 10.0 Å². The van der Waals surface area contributed by atoms with Crippen molar-refractivity contribution < 1.29 is 13.3 Å². The molecule has 20 heavy (non-hydrogen) atoms. The standard InChI is InChI=1S/C12H15N3O4S/c13-20(18,19)12-6-10(15(16)17)3-4-11(12)14-7-8-1-2-9(14)5-8/h3-4,6,8-9H,1-2,5,7H2,(H2,13,18,19). The predicted molar refractivity (Wildman–Crippen MR) is 72.9 cm³/mol. The first kappa shape index (κ1) is 13.3. The molecule has 2 bridgehead atoms. The van der Waals surface area contributed by atoms with Crippen molar-refractivity contribution in [1.29, 1.82) is 0 Å². The number of nitrogens with zero attached hydrogens (tertiary/aromatic N) is 2. The van der Waals surface area contributed by atoms with E-state index in [-0.39, 0.29) is 10.6 Å². The van der Waals surface area contributed by atoms with Gasteiger partial charge in [0.1, 0.15) is 4.90 Å². The lowest BCUT2D eigenvalue weighted by molar-refractivity contribution is -0.385. The maximum absolute atomic E-state index is 11.7. The van der Waals surface area contributed by atoms with Gasteiger partial charge in [0.05, 0.1) is 10.6 Å². The number of primary sulfonamides is 1. The topological polar surface area (TPSA) is 107 Å². The van der Waals surface area contributed by atoms with E-state index in [9.17, 15) is 18.5 Å². The average molecular weight is 297 g/mol. The third kappa shape index (κ3) is 2.14. The lowest BCUT2D eigenvalue weighted by Crippen LogP contribution is -2.33. The van der Waals surface area contributed by atoms with Crippen LogP contribution in [-0.2, 0) is 10.0 Å². The molecule has 1 saturated heterocycles. The Balaban J connectivity index is 2.09. The van der Waals surface area contributed by atoms with E-state index in [0.717, 1.165) is 25.5 Å². The molecular weight excluding hydrogens is 282 g/mol. The molecule has 108 valence electrons. The number of sulfonamides is 1. The van der Waals surface area contributed by atoms with Gasteiger partial charge in [0.15, 0.2) is 0 Å². The van der Waals surface area contributed by atoms with Gasteiger partial charge in [-0.15, -0.1) is 0 Å². The average Bonchev–Trinajstić information content (AvgIpc) is 2.99. The molecule has 2 unspecified atom stereocenters. The number of benzene rings is 1. The van der Waals surface area contributed by atoms with Crippen LogP contribution in [-0.4, -0.2) is 25.9 Å². The van der Waals surface area contributed by atoms with E-state index in [0.29, 0.717) is 17.6 Å². The molecule has 0 radical (unpaired) electrons. The molecular formula is C12H15N3O4S. The van der Waals surface area contributed by atoms with Gasteiger partial charge in [-0.2, -0.15) is 0 Å². The summed E-state index contributed by atoms with van der Waals surface area (Å²) in [6, 6.07) is 4.20. The Bertz CT molecular complexity index is 673. The van der Waals surface area contributed by atoms with E-state index in [2.05, 4.69) is 0 Å². The molecule has 0 amide bonds. The van der Waals surface area contributed by atoms with Crippen LogP contribution in [0.25, 0.3) is 0 Å². The molecule has 7 nitrogen and oxygen atoms in total. The van der Waals surface area contributed by atoms with E-state index in [1.165, 1.54) is 18.6 Å². The number of piperidine rings is 1. The summed E-state index contributed by atoms with van der Waals surface area (Å²) in [5, 5.41) is 16.0. The van der Waals surface area contributed by atoms with Gasteiger partial charge in [-0.3, -0.25) is 10.1 Å². The largest absolute Gasteiger partial charge is 0.367 e. The summed E-state index contributed by atoms with van der Waals surface area (Å²) in [7, 11) is -3.99. The van der Waals surface area contributed by atoms with Crippen LogP contribution in [0.2, 0.25) is 0 Å². The van der Waals surface area contributed by atoms with Crippen LogP contribution >= 0.6 is 0 Å². The molecule has 2 fully saturated rings. The summed E-state index contributed by atoms with van der Waals surface area (Å²) in [4.78, 5) is 12.1. The number of rotatable bonds is 3. The minimum absolute atomic E-state index is 0.153. The number of hydrogen-bond donors (Lipinski definition) is 1. The molecule has 2 aliphatic rings. The SMILES string of the molecule is NS(=O)(=O)c1cc([N+](=O)[O-])ccc1N1CC2CCC1C2. The van der Waals surface area contributed by atoms with Gasteiger partial charge in [-0.25, -0.2) is 13.6 Å². The molecule has 1 heterocycles. The number of nitro groups is 1. The highest BCUT2D eigenvalue weighted by molar-refractivity contribution is 7.89. The molecule has 1 aliphatic heterocycles. The van der Waals surface area contributed by atoms with E-state index in [1.54, 1.807) is 0 Å². The van der Waals surface area contributed by atoms with Crippen LogP contribution in [0.15, 0.2) is 23.1 Å². The zero-order valence-corrected chi connectivity index (χ0v) is 11.5. The summed E-state index contributed by atoms with van der Waals surface area (Å²) < 4.78 is 23.4. The Kier molecular flexibility index (Phi) is 2.94. The zero-order chi connectivity index (χ0) is 14.5. The van der Waals surface area contributed by atoms with Gasteiger partial charge < -0.3 is 4.90 Å². The van der Waals surface area contributed by atoms with Crippen LogP contribution in [0.5, 0.6) is 0 Å². The summed E-state index contributed by atoms with van der Waals surface area (Å²) in [6.07, 6.45) is 3.26. The van der Waals surface area contributed by atoms with E-state index < -0.39 is 14.9 Å². The second-order valence-corrected chi connectivity index (χ2v) is 6.97. The van der Waals surface area contributed by atoms with Crippen LogP contribution in [0.4, 0.5) is 11.4 Å². The summed E-state index contributed by atoms with van der Waals surface area (Å²) in [5.74, 6) is 0.587. The minimum atomic E-state index is -3.99. The van der Waals surface area contributed by atoms with Gasteiger partial charge in [0, 0.05) is 24.7 Å².